The minimum absolute atomic E-state index is 0.0563. The highest BCUT2D eigenvalue weighted by Gasteiger charge is 2.36. The highest BCUT2D eigenvalue weighted by molar-refractivity contribution is 6.32. The molecule has 6 nitrogen and oxygen atoms in total. The lowest BCUT2D eigenvalue weighted by molar-refractivity contribution is -0.140. The number of fused-ring (bicyclic) bond motifs is 1. The van der Waals surface area contributed by atoms with Crippen LogP contribution < -0.4 is 5.32 Å². The Morgan fingerprint density at radius 1 is 1.09 bits per heavy atom. The van der Waals surface area contributed by atoms with Crippen molar-refractivity contribution < 1.29 is 18.0 Å². The summed E-state index contributed by atoms with van der Waals surface area (Å²) in [6.45, 7) is 7.32. The number of halogens is 4. The molecule has 1 N–H and O–H groups in total. The van der Waals surface area contributed by atoms with E-state index < -0.39 is 17.3 Å². The van der Waals surface area contributed by atoms with Crippen LogP contribution in [-0.2, 0) is 11.0 Å². The van der Waals surface area contributed by atoms with Gasteiger partial charge in [-0.2, -0.15) is 18.3 Å². The number of imidazole rings is 1. The van der Waals surface area contributed by atoms with Gasteiger partial charge in [-0.25, -0.2) is 9.50 Å². The maximum absolute atomic E-state index is 13.4. The molecule has 0 bridgehead atoms. The molecule has 0 radical (unpaired) electrons. The molecule has 0 aliphatic heterocycles. The number of benzene rings is 1. The number of rotatable bonds is 3. The molecule has 0 spiro atoms. The van der Waals surface area contributed by atoms with Crippen LogP contribution in [0.1, 0.15) is 32.0 Å². The topological polar surface area (TPSA) is 72.2 Å². The average Bonchev–Trinajstić information content (AvgIpc) is 3.10. The summed E-state index contributed by atoms with van der Waals surface area (Å²) in [6.07, 6.45) is -3.55. The van der Waals surface area contributed by atoms with Crippen LogP contribution in [0, 0.1) is 12.3 Å². The summed E-state index contributed by atoms with van der Waals surface area (Å²) in [5.74, 6) is -0.142. The maximum atomic E-state index is 13.4. The van der Waals surface area contributed by atoms with Crippen LogP contribution in [0.4, 0.5) is 18.9 Å². The molecule has 176 valence electrons. The molecule has 0 saturated heterocycles. The number of aryl methyl sites for hydroxylation is 1. The molecular weight excluding hydrogens is 467 g/mol. The molecule has 0 atom stereocenters. The first-order valence-corrected chi connectivity index (χ1v) is 10.7. The summed E-state index contributed by atoms with van der Waals surface area (Å²) in [6, 6.07) is 11.1. The van der Waals surface area contributed by atoms with E-state index >= 15 is 0 Å². The summed E-state index contributed by atoms with van der Waals surface area (Å²) in [5, 5.41) is 7.35. The third kappa shape index (κ3) is 4.48. The van der Waals surface area contributed by atoms with Crippen LogP contribution >= 0.6 is 11.6 Å². The third-order valence-electron chi connectivity index (χ3n) is 5.22. The molecule has 0 saturated carbocycles. The lowest BCUT2D eigenvalue weighted by Gasteiger charge is -2.19. The van der Waals surface area contributed by atoms with Gasteiger partial charge in [0.05, 0.1) is 5.69 Å². The van der Waals surface area contributed by atoms with Crippen LogP contribution in [-0.4, -0.2) is 25.5 Å². The van der Waals surface area contributed by atoms with Crippen molar-refractivity contribution >= 4 is 28.8 Å². The first-order chi connectivity index (χ1) is 15.9. The molecular formula is C24H21ClF3N5O. The van der Waals surface area contributed by atoms with Gasteiger partial charge in [-0.1, -0.05) is 44.5 Å². The summed E-state index contributed by atoms with van der Waals surface area (Å²) in [5.41, 5.74) is 1.14. The van der Waals surface area contributed by atoms with Gasteiger partial charge in [0.2, 0.25) is 5.91 Å². The maximum Gasteiger partial charge on any atom is 0.434 e. The number of aromatic nitrogens is 4. The van der Waals surface area contributed by atoms with E-state index in [4.69, 9.17) is 11.6 Å². The van der Waals surface area contributed by atoms with Crippen LogP contribution in [0.15, 0.2) is 48.7 Å². The predicted molar refractivity (Wildman–Crippen MR) is 124 cm³/mol. The molecule has 10 heteroatoms. The molecule has 0 aliphatic carbocycles. The number of nitrogens with zero attached hydrogens (tertiary/aromatic N) is 4. The number of anilines is 1. The fourth-order valence-corrected chi connectivity index (χ4v) is 3.56. The van der Waals surface area contributed by atoms with Gasteiger partial charge in [0.15, 0.2) is 16.5 Å². The third-order valence-corrected chi connectivity index (χ3v) is 5.55. The van der Waals surface area contributed by atoms with Gasteiger partial charge in [-0.15, -0.1) is 0 Å². The summed E-state index contributed by atoms with van der Waals surface area (Å²) in [4.78, 5) is 20.4. The zero-order valence-corrected chi connectivity index (χ0v) is 19.6. The van der Waals surface area contributed by atoms with E-state index in [-0.39, 0.29) is 22.3 Å². The first kappa shape index (κ1) is 23.7. The van der Waals surface area contributed by atoms with Crippen molar-refractivity contribution in [3.63, 3.8) is 0 Å². The van der Waals surface area contributed by atoms with Crippen molar-refractivity contribution in [1.29, 1.82) is 0 Å². The summed E-state index contributed by atoms with van der Waals surface area (Å²) < 4.78 is 41.5. The monoisotopic (exact) mass is 487 g/mol. The Kier molecular flexibility index (Phi) is 5.85. The minimum Gasteiger partial charge on any atom is -0.325 e. The molecule has 4 aromatic rings. The zero-order valence-electron chi connectivity index (χ0n) is 18.8. The van der Waals surface area contributed by atoms with Gasteiger partial charge < -0.3 is 5.32 Å². The number of carbonyl (C=O) groups excluding carboxylic acids is 1. The van der Waals surface area contributed by atoms with Crippen molar-refractivity contribution in [3.8, 4) is 22.5 Å². The molecule has 3 heterocycles. The first-order valence-electron chi connectivity index (χ1n) is 10.4. The van der Waals surface area contributed by atoms with Gasteiger partial charge >= 0.3 is 6.18 Å². The molecule has 1 amide bonds. The molecule has 1 aromatic carbocycles. The lowest BCUT2D eigenvalue weighted by atomic mass is 9.95. The second kappa shape index (κ2) is 8.39. The van der Waals surface area contributed by atoms with E-state index in [2.05, 4.69) is 20.4 Å². The Morgan fingerprint density at radius 2 is 1.82 bits per heavy atom. The van der Waals surface area contributed by atoms with Crippen molar-refractivity contribution in [2.75, 3.05) is 5.32 Å². The minimum atomic E-state index is -4.63. The largest absolute Gasteiger partial charge is 0.434 e. The predicted octanol–water partition coefficient (Wildman–Crippen LogP) is 6.42. The number of nitrogens with one attached hydrogen (secondary N) is 1. The number of alkyl halides is 3. The normalized spacial score (nSPS) is 12.2. The van der Waals surface area contributed by atoms with Gasteiger partial charge in [-0.05, 0) is 42.8 Å². The standard InChI is InChI=1S/C24H21ClF3N5O/c1-13-7-8-14(12-17(13)30-22(34)23(2,3)4)19-21(25)33-18(31-19)10-9-16(32-33)15-6-5-11-29-20(15)24(26,27)28/h5-12H,1-4H3,(H,30,34). The van der Waals surface area contributed by atoms with E-state index in [0.29, 0.717) is 22.6 Å². The Labute approximate surface area is 198 Å². The molecule has 0 fully saturated rings. The quantitative estimate of drug-likeness (QED) is 0.362. The van der Waals surface area contributed by atoms with Crippen LogP contribution in [0.2, 0.25) is 5.15 Å². The van der Waals surface area contributed by atoms with Crippen LogP contribution in [0.25, 0.3) is 28.2 Å². The van der Waals surface area contributed by atoms with Crippen molar-refractivity contribution in [3.05, 3.63) is 65.1 Å². The Bertz CT molecular complexity index is 1410. The van der Waals surface area contributed by atoms with Crippen molar-refractivity contribution in [2.24, 2.45) is 5.41 Å². The molecule has 4 rings (SSSR count). The molecule has 0 aliphatic rings. The van der Waals surface area contributed by atoms with E-state index in [1.54, 1.807) is 18.2 Å². The van der Waals surface area contributed by atoms with E-state index in [1.165, 1.54) is 22.7 Å². The summed E-state index contributed by atoms with van der Waals surface area (Å²) in [7, 11) is 0. The Hall–Kier alpha value is -3.46. The van der Waals surface area contributed by atoms with Crippen LogP contribution in [0.5, 0.6) is 0 Å². The number of hydrogen-bond acceptors (Lipinski definition) is 4. The van der Waals surface area contributed by atoms with Crippen molar-refractivity contribution in [2.45, 2.75) is 33.9 Å². The second-order valence-corrected chi connectivity index (χ2v) is 9.23. The molecule has 34 heavy (non-hydrogen) atoms. The Morgan fingerprint density at radius 3 is 2.50 bits per heavy atom. The fraction of sp³-hybridized carbons (Fsp3) is 0.250. The van der Waals surface area contributed by atoms with Gasteiger partial charge in [-0.3, -0.25) is 9.78 Å². The van der Waals surface area contributed by atoms with E-state index in [9.17, 15) is 18.0 Å². The fourth-order valence-electron chi connectivity index (χ4n) is 3.29. The molecule has 0 unspecified atom stereocenters. The van der Waals surface area contributed by atoms with Gasteiger partial charge in [0.1, 0.15) is 5.69 Å². The number of carbonyl (C=O) groups is 1. The molecule has 3 aromatic heterocycles. The second-order valence-electron chi connectivity index (χ2n) is 8.87. The van der Waals surface area contributed by atoms with E-state index in [0.717, 1.165) is 11.8 Å². The van der Waals surface area contributed by atoms with Gasteiger partial charge in [0.25, 0.3) is 0 Å². The SMILES string of the molecule is Cc1ccc(-c2nc3ccc(-c4cccnc4C(F)(F)F)nn3c2Cl)cc1NC(=O)C(C)(C)C. The number of pyridine rings is 1. The highest BCUT2D eigenvalue weighted by atomic mass is 35.5. The zero-order chi connectivity index (χ0) is 24.8. The van der Waals surface area contributed by atoms with E-state index in [1.807, 2.05) is 33.8 Å². The van der Waals surface area contributed by atoms with Crippen molar-refractivity contribution in [1.82, 2.24) is 19.6 Å². The average molecular weight is 488 g/mol. The number of hydrogen-bond donors (Lipinski definition) is 1. The number of amides is 1. The highest BCUT2D eigenvalue weighted by Crippen LogP contribution is 2.36. The smallest absolute Gasteiger partial charge is 0.325 e. The lowest BCUT2D eigenvalue weighted by Crippen LogP contribution is -2.27. The van der Waals surface area contributed by atoms with Crippen LogP contribution in [0.3, 0.4) is 0 Å². The summed E-state index contributed by atoms with van der Waals surface area (Å²) >= 11 is 6.56. The Balaban J connectivity index is 1.78. The van der Waals surface area contributed by atoms with Gasteiger partial charge in [0, 0.05) is 28.4 Å².